The van der Waals surface area contributed by atoms with Crippen molar-refractivity contribution in [3.05, 3.63) is 52.6 Å². The van der Waals surface area contributed by atoms with E-state index < -0.39 is 0 Å². The number of hydrogen-bond donors (Lipinski definition) is 1. The molecular weight excluding hydrogens is 352 g/mol. The van der Waals surface area contributed by atoms with Crippen LogP contribution in [0.4, 0.5) is 5.13 Å². The zero-order valence-corrected chi connectivity index (χ0v) is 15.1. The lowest BCUT2D eigenvalue weighted by Crippen LogP contribution is -2.23. The highest BCUT2D eigenvalue weighted by Crippen LogP contribution is 2.32. The molecule has 0 aliphatic carbocycles. The summed E-state index contributed by atoms with van der Waals surface area (Å²) in [5.74, 6) is 1.14. The molecule has 1 saturated heterocycles. The van der Waals surface area contributed by atoms with E-state index in [4.69, 9.17) is 4.52 Å². The highest BCUT2D eigenvalue weighted by molar-refractivity contribution is 7.13. The smallest absolute Gasteiger partial charge is 0.257 e. The summed E-state index contributed by atoms with van der Waals surface area (Å²) in [4.78, 5) is 19.1. The van der Waals surface area contributed by atoms with Gasteiger partial charge in [0.1, 0.15) is 5.51 Å². The summed E-state index contributed by atoms with van der Waals surface area (Å²) in [5.41, 5.74) is 3.25. The van der Waals surface area contributed by atoms with Gasteiger partial charge in [-0.15, -0.1) is 10.2 Å². The molecule has 0 radical (unpaired) electrons. The molecule has 4 rings (SSSR count). The van der Waals surface area contributed by atoms with Crippen LogP contribution in [-0.2, 0) is 6.54 Å². The number of carbonyl (C=O) groups is 1. The summed E-state index contributed by atoms with van der Waals surface area (Å²) >= 11 is 1.29. The number of hydrogen-bond acceptors (Lipinski definition) is 8. The molecule has 26 heavy (non-hydrogen) atoms. The molecule has 1 aliphatic heterocycles. The van der Waals surface area contributed by atoms with Crippen LogP contribution in [0.2, 0.25) is 0 Å². The second-order valence-electron chi connectivity index (χ2n) is 6.21. The van der Waals surface area contributed by atoms with Gasteiger partial charge in [0, 0.05) is 12.1 Å². The maximum atomic E-state index is 12.4. The van der Waals surface area contributed by atoms with E-state index in [0.29, 0.717) is 22.4 Å². The van der Waals surface area contributed by atoms with E-state index in [1.807, 2.05) is 25.1 Å². The van der Waals surface area contributed by atoms with Crippen molar-refractivity contribution in [3.8, 4) is 0 Å². The van der Waals surface area contributed by atoms with Crippen LogP contribution < -0.4 is 5.32 Å². The number of aryl methyl sites for hydroxylation is 1. The Bertz CT molecular complexity index is 894. The molecule has 2 aromatic heterocycles. The van der Waals surface area contributed by atoms with Gasteiger partial charge in [0.2, 0.25) is 11.0 Å². The Morgan fingerprint density at radius 3 is 3.15 bits per heavy atom. The molecule has 3 heterocycles. The topological polar surface area (TPSA) is 97.0 Å². The molecule has 134 valence electrons. The van der Waals surface area contributed by atoms with E-state index in [1.165, 1.54) is 11.3 Å². The Balaban J connectivity index is 1.47. The molecule has 1 aromatic carbocycles. The predicted molar refractivity (Wildman–Crippen MR) is 95.7 cm³/mol. The SMILES string of the molecule is Cc1noc([C@@H]2CCCN2Cc2cccc(C(=O)Nc3nncs3)c2)n1. The van der Waals surface area contributed by atoms with E-state index in [0.717, 1.165) is 31.5 Å². The molecule has 9 heteroatoms. The van der Waals surface area contributed by atoms with E-state index in [1.54, 1.807) is 11.6 Å². The highest BCUT2D eigenvalue weighted by atomic mass is 32.1. The number of carbonyl (C=O) groups excluding carboxylic acids is 1. The molecule has 1 atom stereocenters. The minimum absolute atomic E-state index is 0.134. The Kier molecular flexibility index (Phi) is 4.72. The molecule has 0 saturated carbocycles. The molecule has 0 spiro atoms. The second-order valence-corrected chi connectivity index (χ2v) is 7.04. The van der Waals surface area contributed by atoms with Crippen molar-refractivity contribution in [2.24, 2.45) is 0 Å². The number of aromatic nitrogens is 4. The lowest BCUT2D eigenvalue weighted by molar-refractivity contribution is 0.102. The van der Waals surface area contributed by atoms with E-state index in [2.05, 4.69) is 30.6 Å². The summed E-state index contributed by atoms with van der Waals surface area (Å²) in [7, 11) is 0. The lowest BCUT2D eigenvalue weighted by atomic mass is 10.1. The number of nitrogens with zero attached hydrogens (tertiary/aromatic N) is 5. The normalized spacial score (nSPS) is 17.5. The van der Waals surface area contributed by atoms with Crippen LogP contribution >= 0.6 is 11.3 Å². The average Bonchev–Trinajstić information content (AvgIpc) is 3.37. The number of rotatable bonds is 5. The van der Waals surface area contributed by atoms with Crippen LogP contribution in [0.1, 0.15) is 46.5 Å². The number of benzene rings is 1. The molecule has 1 amide bonds. The van der Waals surface area contributed by atoms with E-state index in [9.17, 15) is 4.79 Å². The lowest BCUT2D eigenvalue weighted by Gasteiger charge is -2.21. The zero-order valence-electron chi connectivity index (χ0n) is 14.3. The highest BCUT2D eigenvalue weighted by Gasteiger charge is 2.30. The fourth-order valence-corrected chi connectivity index (χ4v) is 3.63. The van der Waals surface area contributed by atoms with Crippen LogP contribution in [0, 0.1) is 6.92 Å². The largest absolute Gasteiger partial charge is 0.338 e. The molecule has 0 unspecified atom stereocenters. The molecule has 3 aromatic rings. The van der Waals surface area contributed by atoms with Crippen LogP contribution in [-0.4, -0.2) is 37.7 Å². The molecule has 1 aliphatic rings. The van der Waals surface area contributed by atoms with Crippen LogP contribution in [0.3, 0.4) is 0 Å². The maximum absolute atomic E-state index is 12.4. The van der Waals surface area contributed by atoms with Gasteiger partial charge in [-0.25, -0.2) is 0 Å². The van der Waals surface area contributed by atoms with Crippen molar-refractivity contribution in [3.63, 3.8) is 0 Å². The predicted octanol–water partition coefficient (Wildman–Crippen LogP) is 2.82. The van der Waals surface area contributed by atoms with Gasteiger partial charge in [-0.05, 0) is 44.0 Å². The first-order chi connectivity index (χ1) is 12.7. The third kappa shape index (κ3) is 3.63. The summed E-state index contributed by atoms with van der Waals surface area (Å²) in [6.45, 7) is 3.52. The summed E-state index contributed by atoms with van der Waals surface area (Å²) in [6.07, 6.45) is 2.09. The summed E-state index contributed by atoms with van der Waals surface area (Å²) < 4.78 is 5.36. The van der Waals surface area contributed by atoms with Crippen molar-refractivity contribution in [2.45, 2.75) is 32.4 Å². The second kappa shape index (κ2) is 7.30. The summed E-state index contributed by atoms with van der Waals surface area (Å²) in [5, 5.41) is 14.7. The standard InChI is InChI=1S/C17H18N6O2S/c1-11-19-16(25-22-11)14-6-3-7-23(14)9-12-4-2-5-13(8-12)15(24)20-17-21-18-10-26-17/h2,4-5,8,10,14H,3,6-7,9H2,1H3,(H,20,21,24)/t14-/m0/s1. The molecule has 0 bridgehead atoms. The van der Waals surface area contributed by atoms with Gasteiger partial charge in [0.25, 0.3) is 5.91 Å². The number of anilines is 1. The van der Waals surface area contributed by atoms with Crippen LogP contribution in [0.25, 0.3) is 0 Å². The third-order valence-corrected chi connectivity index (χ3v) is 4.95. The average molecular weight is 370 g/mol. The molecule has 1 fully saturated rings. The van der Waals surface area contributed by atoms with Gasteiger partial charge in [0.05, 0.1) is 6.04 Å². The third-order valence-electron chi connectivity index (χ3n) is 4.35. The van der Waals surface area contributed by atoms with Gasteiger partial charge in [-0.2, -0.15) is 4.98 Å². The molecule has 8 nitrogen and oxygen atoms in total. The Labute approximate surface area is 154 Å². The first-order valence-corrected chi connectivity index (χ1v) is 9.28. The molecule has 1 N–H and O–H groups in total. The van der Waals surface area contributed by atoms with Gasteiger partial charge >= 0.3 is 0 Å². The Morgan fingerprint density at radius 1 is 1.46 bits per heavy atom. The maximum Gasteiger partial charge on any atom is 0.257 e. The van der Waals surface area contributed by atoms with Crippen molar-refractivity contribution in [1.82, 2.24) is 25.2 Å². The van der Waals surface area contributed by atoms with Crippen LogP contribution in [0.15, 0.2) is 34.3 Å². The fourth-order valence-electron chi connectivity index (χ4n) is 3.19. The minimum atomic E-state index is -0.186. The van der Waals surface area contributed by atoms with Crippen molar-refractivity contribution < 1.29 is 9.32 Å². The van der Waals surface area contributed by atoms with Gasteiger partial charge < -0.3 is 4.52 Å². The first kappa shape index (κ1) is 16.8. The van der Waals surface area contributed by atoms with Crippen LogP contribution in [0.5, 0.6) is 0 Å². The number of nitrogens with one attached hydrogen (secondary N) is 1. The van der Waals surface area contributed by atoms with Gasteiger partial charge in [-0.1, -0.05) is 28.6 Å². The minimum Gasteiger partial charge on any atom is -0.338 e. The monoisotopic (exact) mass is 370 g/mol. The zero-order chi connectivity index (χ0) is 17.9. The van der Waals surface area contributed by atoms with Crippen molar-refractivity contribution >= 4 is 22.4 Å². The van der Waals surface area contributed by atoms with Crippen molar-refractivity contribution in [2.75, 3.05) is 11.9 Å². The summed E-state index contributed by atoms with van der Waals surface area (Å²) in [6, 6.07) is 7.76. The Hall–Kier alpha value is -2.65. The van der Waals surface area contributed by atoms with E-state index in [-0.39, 0.29) is 11.9 Å². The first-order valence-electron chi connectivity index (χ1n) is 8.40. The van der Waals surface area contributed by atoms with E-state index >= 15 is 0 Å². The number of likely N-dealkylation sites (tertiary alicyclic amines) is 1. The quantitative estimate of drug-likeness (QED) is 0.737. The van der Waals surface area contributed by atoms with Gasteiger partial charge in [0.15, 0.2) is 5.82 Å². The van der Waals surface area contributed by atoms with Gasteiger partial charge in [-0.3, -0.25) is 15.0 Å². The number of amides is 1. The fraction of sp³-hybridized carbons (Fsp3) is 0.353. The van der Waals surface area contributed by atoms with Crippen molar-refractivity contribution in [1.29, 1.82) is 0 Å². The Morgan fingerprint density at radius 2 is 2.38 bits per heavy atom. The molecular formula is C17H18N6O2S.